The lowest BCUT2D eigenvalue weighted by Gasteiger charge is -2.04. The van der Waals surface area contributed by atoms with Crippen LogP contribution in [0.4, 0.5) is 0 Å². The van der Waals surface area contributed by atoms with Gasteiger partial charge in [-0.1, -0.05) is 13.3 Å². The van der Waals surface area contributed by atoms with Crippen molar-refractivity contribution in [3.05, 3.63) is 0 Å². The highest BCUT2D eigenvalue weighted by atomic mass is 32.1. The van der Waals surface area contributed by atoms with E-state index in [1.807, 2.05) is 0 Å². The Kier molecular flexibility index (Phi) is 6.65. The number of unbranched alkanes of at least 4 members (excludes halogenated alkanes) is 1. The van der Waals surface area contributed by atoms with E-state index in [2.05, 4.69) is 19.6 Å². The molecule has 0 bridgehead atoms. The molecule has 0 saturated heterocycles. The Morgan fingerprint density at radius 2 is 2.11 bits per heavy atom. The summed E-state index contributed by atoms with van der Waals surface area (Å²) in [5.74, 6) is 0. The normalized spacial score (nSPS) is 13.7. The van der Waals surface area contributed by atoms with E-state index in [0.29, 0.717) is 11.9 Å². The molecule has 0 aliphatic carbocycles. The summed E-state index contributed by atoms with van der Waals surface area (Å²) in [6, 6.07) is 0. The molecule has 0 radical (unpaired) electrons. The summed E-state index contributed by atoms with van der Waals surface area (Å²) in [4.78, 5) is 0. The van der Waals surface area contributed by atoms with Crippen LogP contribution in [0.5, 0.6) is 0 Å². The summed E-state index contributed by atoms with van der Waals surface area (Å²) in [6.45, 7) is 2.46. The van der Waals surface area contributed by atoms with Crippen molar-refractivity contribution in [3.8, 4) is 0 Å². The molecule has 0 rings (SSSR count). The van der Waals surface area contributed by atoms with Crippen molar-refractivity contribution >= 4 is 12.6 Å². The van der Waals surface area contributed by atoms with Crippen LogP contribution in [0.3, 0.4) is 0 Å². The van der Waals surface area contributed by atoms with Crippen LogP contribution in [0.2, 0.25) is 0 Å². The molecule has 0 heterocycles. The van der Waals surface area contributed by atoms with Crippen LogP contribution in [0.15, 0.2) is 0 Å². The minimum absolute atomic E-state index is 0.324. The fourth-order valence-electron chi connectivity index (χ4n) is 0.696. The predicted octanol–water partition coefficient (Wildman–Crippen LogP) is 1.86. The van der Waals surface area contributed by atoms with Gasteiger partial charge in [0.25, 0.3) is 0 Å². The number of aliphatic hydroxyl groups is 1. The lowest BCUT2D eigenvalue weighted by molar-refractivity contribution is 0.283. The van der Waals surface area contributed by atoms with E-state index in [9.17, 15) is 0 Å². The Balaban J connectivity index is 2.88. The highest BCUT2D eigenvalue weighted by molar-refractivity contribution is 7.80. The van der Waals surface area contributed by atoms with Gasteiger partial charge in [0.1, 0.15) is 0 Å². The molecule has 0 aromatic heterocycles. The minimum Gasteiger partial charge on any atom is -0.396 e. The van der Waals surface area contributed by atoms with Gasteiger partial charge in [-0.05, 0) is 19.3 Å². The van der Waals surface area contributed by atoms with Crippen molar-refractivity contribution in [1.29, 1.82) is 0 Å². The second-order valence-corrected chi connectivity index (χ2v) is 3.01. The zero-order chi connectivity index (χ0) is 7.11. The zero-order valence-electron chi connectivity index (χ0n) is 6.01. The molecule has 0 aliphatic heterocycles. The molecule has 1 N–H and O–H groups in total. The number of aliphatic hydroxyl groups excluding tert-OH is 1. The molecule has 0 fully saturated rings. The van der Waals surface area contributed by atoms with Gasteiger partial charge in [0.15, 0.2) is 0 Å². The first-order chi connectivity index (χ1) is 4.31. The highest BCUT2D eigenvalue weighted by Crippen LogP contribution is 2.09. The van der Waals surface area contributed by atoms with Gasteiger partial charge in [-0.2, -0.15) is 12.6 Å². The van der Waals surface area contributed by atoms with E-state index < -0.39 is 0 Å². The lowest BCUT2D eigenvalue weighted by atomic mass is 10.1. The molecule has 2 heteroatoms. The largest absolute Gasteiger partial charge is 0.396 e. The van der Waals surface area contributed by atoms with E-state index in [4.69, 9.17) is 5.11 Å². The molecule has 0 aliphatic rings. The van der Waals surface area contributed by atoms with Crippen molar-refractivity contribution in [2.75, 3.05) is 6.61 Å². The molecule has 0 saturated carbocycles. The monoisotopic (exact) mass is 148 g/mol. The summed E-state index contributed by atoms with van der Waals surface area (Å²) in [6.07, 6.45) is 4.31. The van der Waals surface area contributed by atoms with Gasteiger partial charge >= 0.3 is 0 Å². The molecular formula is C7H16OS. The number of thiol groups is 1. The summed E-state index contributed by atoms with van der Waals surface area (Å²) in [5.41, 5.74) is 0. The van der Waals surface area contributed by atoms with Crippen molar-refractivity contribution < 1.29 is 5.11 Å². The van der Waals surface area contributed by atoms with Crippen LogP contribution in [0, 0.1) is 0 Å². The number of hydrogen-bond donors (Lipinski definition) is 2. The Bertz CT molecular complexity index is 56.9. The standard InChI is InChI=1S/C7H16OS/c1-2-7(9)5-3-4-6-8/h7-9H,2-6H2,1H3. The van der Waals surface area contributed by atoms with E-state index in [0.717, 1.165) is 25.7 Å². The average molecular weight is 148 g/mol. The van der Waals surface area contributed by atoms with E-state index in [1.54, 1.807) is 0 Å². The van der Waals surface area contributed by atoms with Gasteiger partial charge in [-0.15, -0.1) is 0 Å². The van der Waals surface area contributed by atoms with Crippen molar-refractivity contribution in [2.45, 2.75) is 37.9 Å². The third kappa shape index (κ3) is 6.19. The summed E-state index contributed by atoms with van der Waals surface area (Å²) in [7, 11) is 0. The van der Waals surface area contributed by atoms with Gasteiger partial charge in [0, 0.05) is 11.9 Å². The van der Waals surface area contributed by atoms with E-state index in [1.165, 1.54) is 0 Å². The van der Waals surface area contributed by atoms with Crippen LogP contribution in [-0.4, -0.2) is 17.0 Å². The van der Waals surface area contributed by atoms with E-state index in [-0.39, 0.29) is 0 Å². The Labute approximate surface area is 62.9 Å². The molecule has 0 aromatic rings. The number of hydrogen-bond acceptors (Lipinski definition) is 2. The van der Waals surface area contributed by atoms with Gasteiger partial charge in [-0.3, -0.25) is 0 Å². The SMILES string of the molecule is CCC(S)CCCCO. The minimum atomic E-state index is 0.324. The van der Waals surface area contributed by atoms with Crippen LogP contribution in [0.1, 0.15) is 32.6 Å². The lowest BCUT2D eigenvalue weighted by Crippen LogP contribution is -1.96. The van der Waals surface area contributed by atoms with Gasteiger partial charge in [0.2, 0.25) is 0 Å². The van der Waals surface area contributed by atoms with Crippen LogP contribution < -0.4 is 0 Å². The molecule has 1 nitrogen and oxygen atoms in total. The molecule has 1 unspecified atom stereocenters. The second kappa shape index (κ2) is 6.43. The maximum atomic E-state index is 8.43. The average Bonchev–Trinajstić information content (AvgIpc) is 1.89. The quantitative estimate of drug-likeness (QED) is 0.450. The fourth-order valence-corrected chi connectivity index (χ4v) is 0.878. The Hall–Kier alpha value is 0.310. The molecule has 0 spiro atoms. The van der Waals surface area contributed by atoms with Crippen molar-refractivity contribution in [2.24, 2.45) is 0 Å². The first-order valence-electron chi connectivity index (χ1n) is 3.60. The van der Waals surface area contributed by atoms with Gasteiger partial charge in [0.05, 0.1) is 0 Å². The molecule has 0 aromatic carbocycles. The molecular weight excluding hydrogens is 132 g/mol. The third-order valence-electron chi connectivity index (χ3n) is 1.42. The summed E-state index contributed by atoms with van der Waals surface area (Å²) >= 11 is 4.32. The van der Waals surface area contributed by atoms with Crippen LogP contribution in [0.25, 0.3) is 0 Å². The fraction of sp³-hybridized carbons (Fsp3) is 1.00. The number of rotatable bonds is 5. The van der Waals surface area contributed by atoms with Gasteiger partial charge < -0.3 is 5.11 Å². The summed E-state index contributed by atoms with van der Waals surface area (Å²) < 4.78 is 0. The van der Waals surface area contributed by atoms with Crippen molar-refractivity contribution in [1.82, 2.24) is 0 Å². The zero-order valence-corrected chi connectivity index (χ0v) is 6.90. The predicted molar refractivity (Wildman–Crippen MR) is 44.0 cm³/mol. The molecule has 9 heavy (non-hydrogen) atoms. The molecule has 56 valence electrons. The Morgan fingerprint density at radius 3 is 2.56 bits per heavy atom. The summed E-state index contributed by atoms with van der Waals surface area (Å²) in [5, 5.41) is 8.97. The highest BCUT2D eigenvalue weighted by Gasteiger charge is 1.97. The second-order valence-electron chi connectivity index (χ2n) is 2.28. The molecule has 0 amide bonds. The topological polar surface area (TPSA) is 20.2 Å². The van der Waals surface area contributed by atoms with Gasteiger partial charge in [-0.25, -0.2) is 0 Å². The smallest absolute Gasteiger partial charge is 0.0431 e. The first kappa shape index (κ1) is 9.31. The maximum Gasteiger partial charge on any atom is 0.0431 e. The third-order valence-corrected chi connectivity index (χ3v) is 2.04. The van der Waals surface area contributed by atoms with Crippen LogP contribution >= 0.6 is 12.6 Å². The van der Waals surface area contributed by atoms with Crippen molar-refractivity contribution in [3.63, 3.8) is 0 Å². The van der Waals surface area contributed by atoms with E-state index >= 15 is 0 Å². The van der Waals surface area contributed by atoms with Crippen LogP contribution in [-0.2, 0) is 0 Å². The maximum absolute atomic E-state index is 8.43. The Morgan fingerprint density at radius 1 is 1.44 bits per heavy atom. The first-order valence-corrected chi connectivity index (χ1v) is 4.11. The molecule has 1 atom stereocenters.